The monoisotopic (exact) mass is 1090 g/mol. The zero-order valence-corrected chi connectivity index (χ0v) is 51.1. The minimum Gasteiger partial charge on any atom is -0.456 e. The smallest absolute Gasteiger partial charge is 0.456 e. The number of rotatable bonds is 54. The maximum atomic E-state index is 13.5. The first-order valence-electron chi connectivity index (χ1n) is 30.9. The molecule has 440 valence electrons. The second-order valence-electron chi connectivity index (χ2n) is 21.5. The predicted octanol–water partition coefficient (Wildman–Crippen LogP) is 19.1. The summed E-state index contributed by atoms with van der Waals surface area (Å²) in [7, 11) is 1.43. The number of phosphoric ester groups is 1. The van der Waals surface area contributed by atoms with E-state index in [2.05, 4.69) is 123 Å². The standard InChI is InChI=1S/C67H115N2O7P/c1-7-10-13-16-19-22-25-28-30-32-34-36-38-41-44-47-50-53-56-59-66(70)68-64(63-75-77(72,73)74-62-61-69(4,5)6)65(58-55-52-49-46-43-40-27-24-21-18-15-12-9-3)76-67(71)60-57-54-51-48-45-42-39-37-35-33-31-29-26-23-20-17-14-11-8-2/h10,13,19-20,22-23,28-31,34-37,41,44,50,53,55,58,64-65H,7-9,11-12,14-18,21,24-27,32-33,38-40,42-43,45-49,51-52,54,56-57,59-63H2,1-6H3,(H-,68,70,72,73)/p+1/b13-10-,22-19-,23-20-,30-28-,31-29-,36-34-,37-35-,44-41-,53-50-,58-55+. The van der Waals surface area contributed by atoms with Gasteiger partial charge in [0, 0.05) is 12.8 Å². The van der Waals surface area contributed by atoms with Crippen LogP contribution in [0.5, 0.6) is 0 Å². The lowest BCUT2D eigenvalue weighted by Crippen LogP contribution is -2.47. The fourth-order valence-corrected chi connectivity index (χ4v) is 8.88. The molecule has 0 radical (unpaired) electrons. The number of carbonyl (C=O) groups is 2. The normalized spacial score (nSPS) is 14.5. The van der Waals surface area contributed by atoms with Gasteiger partial charge in [-0.05, 0) is 109 Å². The molecule has 0 spiro atoms. The predicted molar refractivity (Wildman–Crippen MR) is 332 cm³/mol. The Morgan fingerprint density at radius 2 is 0.844 bits per heavy atom. The van der Waals surface area contributed by atoms with Crippen LogP contribution in [-0.4, -0.2) is 74.3 Å². The van der Waals surface area contributed by atoms with E-state index in [1.165, 1.54) is 83.5 Å². The Bertz CT molecular complexity index is 1730. The van der Waals surface area contributed by atoms with E-state index in [9.17, 15) is 19.0 Å². The van der Waals surface area contributed by atoms with Crippen LogP contribution in [0.1, 0.15) is 239 Å². The third-order valence-electron chi connectivity index (χ3n) is 12.9. The lowest BCUT2D eigenvalue weighted by molar-refractivity contribution is -0.870. The Morgan fingerprint density at radius 3 is 1.30 bits per heavy atom. The number of allylic oxidation sites excluding steroid dienone is 19. The van der Waals surface area contributed by atoms with Crippen LogP contribution in [-0.2, 0) is 27.9 Å². The molecule has 0 aliphatic carbocycles. The first-order valence-corrected chi connectivity index (χ1v) is 32.4. The van der Waals surface area contributed by atoms with Crippen molar-refractivity contribution < 1.29 is 37.3 Å². The molecular weight excluding hydrogens is 976 g/mol. The highest BCUT2D eigenvalue weighted by molar-refractivity contribution is 7.47. The van der Waals surface area contributed by atoms with Crippen molar-refractivity contribution in [3.63, 3.8) is 0 Å². The first-order chi connectivity index (χ1) is 37.4. The quantitative estimate of drug-likeness (QED) is 0.0205. The number of unbranched alkanes of at least 4 members (excludes halogenated alkanes) is 20. The molecule has 1 amide bonds. The summed E-state index contributed by atoms with van der Waals surface area (Å²) >= 11 is 0. The number of hydrogen-bond acceptors (Lipinski definition) is 6. The molecule has 0 rings (SSSR count). The fourth-order valence-electron chi connectivity index (χ4n) is 8.14. The molecule has 0 aromatic carbocycles. The Balaban J connectivity index is 5.46. The van der Waals surface area contributed by atoms with Crippen LogP contribution in [0.4, 0.5) is 0 Å². The van der Waals surface area contributed by atoms with Gasteiger partial charge in [0.2, 0.25) is 5.91 Å². The van der Waals surface area contributed by atoms with E-state index in [1.54, 1.807) is 0 Å². The summed E-state index contributed by atoms with van der Waals surface area (Å²) in [4.78, 5) is 37.7. The number of hydrogen-bond donors (Lipinski definition) is 2. The second-order valence-corrected chi connectivity index (χ2v) is 22.9. The van der Waals surface area contributed by atoms with Crippen molar-refractivity contribution in [2.24, 2.45) is 0 Å². The van der Waals surface area contributed by atoms with Gasteiger partial charge >= 0.3 is 13.8 Å². The maximum absolute atomic E-state index is 13.5. The van der Waals surface area contributed by atoms with E-state index in [4.69, 9.17) is 13.8 Å². The van der Waals surface area contributed by atoms with Crippen molar-refractivity contribution >= 4 is 19.7 Å². The van der Waals surface area contributed by atoms with Gasteiger partial charge in [-0.3, -0.25) is 18.6 Å². The van der Waals surface area contributed by atoms with Gasteiger partial charge in [0.05, 0.1) is 33.8 Å². The van der Waals surface area contributed by atoms with E-state index in [1.807, 2.05) is 45.4 Å². The van der Waals surface area contributed by atoms with Crippen molar-refractivity contribution in [3.05, 3.63) is 122 Å². The topological polar surface area (TPSA) is 111 Å². The summed E-state index contributed by atoms with van der Waals surface area (Å²) in [6.45, 7) is 6.79. The Kier molecular flexibility index (Phi) is 53.1. The van der Waals surface area contributed by atoms with E-state index in [0.29, 0.717) is 23.9 Å². The van der Waals surface area contributed by atoms with Crippen LogP contribution < -0.4 is 5.32 Å². The van der Waals surface area contributed by atoms with Gasteiger partial charge in [-0.2, -0.15) is 0 Å². The molecule has 2 N–H and O–H groups in total. The number of quaternary nitrogens is 1. The number of nitrogens with zero attached hydrogens (tertiary/aromatic N) is 1. The highest BCUT2D eigenvalue weighted by atomic mass is 31.2. The van der Waals surface area contributed by atoms with E-state index in [0.717, 1.165) is 109 Å². The van der Waals surface area contributed by atoms with Gasteiger partial charge in [0.25, 0.3) is 0 Å². The van der Waals surface area contributed by atoms with Crippen molar-refractivity contribution in [2.75, 3.05) is 40.9 Å². The molecule has 0 fully saturated rings. The molecule has 10 heteroatoms. The summed E-state index contributed by atoms with van der Waals surface area (Å²) in [5.41, 5.74) is 0. The van der Waals surface area contributed by atoms with Crippen LogP contribution in [0.2, 0.25) is 0 Å². The molecule has 9 nitrogen and oxygen atoms in total. The van der Waals surface area contributed by atoms with Crippen molar-refractivity contribution in [2.45, 2.75) is 251 Å². The number of amides is 1. The number of phosphoric acid groups is 1. The largest absolute Gasteiger partial charge is 0.472 e. The van der Waals surface area contributed by atoms with Crippen LogP contribution in [0.25, 0.3) is 0 Å². The highest BCUT2D eigenvalue weighted by Gasteiger charge is 2.30. The molecular formula is C67H116N2O7P+. The van der Waals surface area contributed by atoms with Gasteiger partial charge in [0.1, 0.15) is 19.3 Å². The van der Waals surface area contributed by atoms with Crippen LogP contribution in [0.3, 0.4) is 0 Å². The summed E-state index contributed by atoms with van der Waals surface area (Å²) in [5, 5.41) is 3.00. The zero-order valence-electron chi connectivity index (χ0n) is 50.2. The third-order valence-corrected chi connectivity index (χ3v) is 13.9. The number of esters is 1. The van der Waals surface area contributed by atoms with Gasteiger partial charge < -0.3 is 19.4 Å². The van der Waals surface area contributed by atoms with Gasteiger partial charge in [0.15, 0.2) is 0 Å². The molecule has 0 saturated carbocycles. The number of ether oxygens (including phenoxy) is 1. The molecule has 0 heterocycles. The Morgan fingerprint density at radius 1 is 0.468 bits per heavy atom. The zero-order chi connectivity index (χ0) is 56.4. The van der Waals surface area contributed by atoms with Crippen LogP contribution in [0.15, 0.2) is 122 Å². The number of likely N-dealkylation sites (N-methyl/N-ethyl adjacent to an activating group) is 1. The molecule has 77 heavy (non-hydrogen) atoms. The minimum atomic E-state index is -4.48. The Hall–Kier alpha value is -3.59. The lowest BCUT2D eigenvalue weighted by atomic mass is 10.0. The molecule has 0 saturated heterocycles. The van der Waals surface area contributed by atoms with E-state index in [-0.39, 0.29) is 37.9 Å². The molecule has 3 unspecified atom stereocenters. The van der Waals surface area contributed by atoms with Gasteiger partial charge in [-0.1, -0.05) is 239 Å². The van der Waals surface area contributed by atoms with E-state index >= 15 is 0 Å². The van der Waals surface area contributed by atoms with Crippen molar-refractivity contribution in [1.82, 2.24) is 5.32 Å². The number of carbonyl (C=O) groups excluding carboxylic acids is 2. The molecule has 0 aromatic rings. The molecule has 0 aliphatic rings. The van der Waals surface area contributed by atoms with E-state index < -0.39 is 20.0 Å². The molecule has 0 aromatic heterocycles. The van der Waals surface area contributed by atoms with Crippen molar-refractivity contribution in [1.29, 1.82) is 0 Å². The van der Waals surface area contributed by atoms with Crippen LogP contribution in [0, 0.1) is 0 Å². The highest BCUT2D eigenvalue weighted by Crippen LogP contribution is 2.43. The molecule has 3 atom stereocenters. The first kappa shape index (κ1) is 73.4. The van der Waals surface area contributed by atoms with Gasteiger partial charge in [-0.15, -0.1) is 0 Å². The fraction of sp³-hybridized carbons (Fsp3) is 0.672. The lowest BCUT2D eigenvalue weighted by Gasteiger charge is -2.27. The molecule has 0 aliphatic heterocycles. The number of nitrogens with one attached hydrogen (secondary N) is 1. The molecule has 0 bridgehead atoms. The summed E-state index contributed by atoms with van der Waals surface area (Å²) < 4.78 is 30.6. The second kappa shape index (κ2) is 55.7. The average molecular weight is 1090 g/mol. The van der Waals surface area contributed by atoms with Crippen LogP contribution >= 0.6 is 7.82 Å². The van der Waals surface area contributed by atoms with Crippen molar-refractivity contribution in [3.8, 4) is 0 Å². The average Bonchev–Trinajstić information content (AvgIpc) is 3.39. The third kappa shape index (κ3) is 56.9. The Labute approximate surface area is 473 Å². The van der Waals surface area contributed by atoms with Gasteiger partial charge in [-0.25, -0.2) is 4.57 Å². The summed E-state index contributed by atoms with van der Waals surface area (Å²) in [6.07, 6.45) is 77.8. The SMILES string of the molecule is CC/C=C\C/C=C\C/C=C\C/C=C\C/C=C\C/C=C\CCC(=O)NC(COP(=O)(O)OCC[N+](C)(C)C)C(/C=C/CCCCCCCCCCCCC)OC(=O)CCCCCCCC/C=C\C/C=C\C/C=C\CCCCC. The summed E-state index contributed by atoms with van der Waals surface area (Å²) in [6, 6.07) is -0.903. The maximum Gasteiger partial charge on any atom is 0.472 e. The summed E-state index contributed by atoms with van der Waals surface area (Å²) in [5.74, 6) is -0.624. The minimum absolute atomic E-state index is 0.0180.